The Hall–Kier alpha value is -9.14. The van der Waals surface area contributed by atoms with Crippen molar-refractivity contribution in [3.05, 3.63) is 235 Å². The van der Waals surface area contributed by atoms with Gasteiger partial charge in [-0.25, -0.2) is 31.0 Å². The normalized spacial score (nSPS) is 14.8. The van der Waals surface area contributed by atoms with E-state index in [2.05, 4.69) is 248 Å². The van der Waals surface area contributed by atoms with Crippen molar-refractivity contribution in [2.24, 2.45) is 28.2 Å². The molecule has 0 saturated carbocycles. The minimum absolute atomic E-state index is 0.126. The number of nitrogens with zero attached hydrogens (tertiary/aromatic N) is 7. The molecular weight excluding hydrogens is 1890 g/mol. The molecule has 5 saturated heterocycles. The predicted molar refractivity (Wildman–Crippen MR) is 579 cm³/mol. The number of unbranched alkanes of at least 4 members (excludes halogenated alkanes) is 10. The number of nitrogens with two attached hydrogens (primary N) is 1. The van der Waals surface area contributed by atoms with Crippen molar-refractivity contribution in [1.82, 2.24) is 42.3 Å². The highest BCUT2D eigenvalue weighted by atomic mass is 32.2. The quantitative estimate of drug-likeness (QED) is 0.0193. The van der Waals surface area contributed by atoms with Crippen LogP contribution < -0.4 is 24.8 Å². The smallest absolute Gasteiger partial charge is 0.398 e. The van der Waals surface area contributed by atoms with E-state index in [0.717, 1.165) is 92.1 Å². The van der Waals surface area contributed by atoms with Crippen molar-refractivity contribution in [2.75, 3.05) is 83.8 Å². The van der Waals surface area contributed by atoms with E-state index in [9.17, 15) is 52.8 Å². The summed E-state index contributed by atoms with van der Waals surface area (Å²) in [5, 5.41) is 5.91. The van der Waals surface area contributed by atoms with Gasteiger partial charge in [0.25, 0.3) is 26.0 Å². The van der Waals surface area contributed by atoms with E-state index < -0.39 is 53.3 Å². The van der Waals surface area contributed by atoms with Gasteiger partial charge in [-0.1, -0.05) is 184 Å². The third kappa shape index (κ3) is 33.2. The van der Waals surface area contributed by atoms with Crippen LogP contribution in [0.5, 0.6) is 0 Å². The molecule has 3 amide bonds. The fraction of sp³-hybridized carbons (Fsp3) is 0.468. The Bertz CT molecular complexity index is 5840. The van der Waals surface area contributed by atoms with Gasteiger partial charge in [0.05, 0.1) is 83.8 Å². The zero-order valence-corrected chi connectivity index (χ0v) is 89.6. The molecule has 5 N–H and O–H groups in total. The van der Waals surface area contributed by atoms with E-state index in [4.69, 9.17) is 5.73 Å². The van der Waals surface area contributed by atoms with Crippen molar-refractivity contribution < 1.29 is 52.8 Å². The molecule has 0 bridgehead atoms. The van der Waals surface area contributed by atoms with Gasteiger partial charge in [-0.15, -0.1) is 0 Å². The molecule has 17 rings (SSSR count). The van der Waals surface area contributed by atoms with Gasteiger partial charge in [-0.05, 0) is 224 Å². The highest BCUT2D eigenvalue weighted by Gasteiger charge is 2.47. The first-order valence-corrected chi connectivity index (χ1v) is 60.2. The maximum atomic E-state index is 12.3. The van der Waals surface area contributed by atoms with Crippen molar-refractivity contribution >= 4 is 146 Å². The number of hydrogen-bond donors (Lipinski definition) is 4. The molecular formula is C109H150F3N11O9S7+4. The molecule has 0 spiro atoms. The lowest BCUT2D eigenvalue weighted by atomic mass is 9.91. The van der Waals surface area contributed by atoms with E-state index in [1.807, 2.05) is 31.1 Å². The van der Waals surface area contributed by atoms with Crippen molar-refractivity contribution in [3.63, 3.8) is 0 Å². The van der Waals surface area contributed by atoms with Crippen LogP contribution in [0.15, 0.2) is 236 Å². The number of fused-ring (bicyclic) bond motifs is 4. The molecule has 5 fully saturated rings. The highest BCUT2D eigenvalue weighted by Crippen LogP contribution is 2.37. The number of pyridine rings is 1. The maximum absolute atomic E-state index is 12.3. The Morgan fingerprint density at radius 3 is 1.07 bits per heavy atom. The molecule has 139 heavy (non-hydrogen) atoms. The minimum atomic E-state index is -5.67. The summed E-state index contributed by atoms with van der Waals surface area (Å²) < 4.78 is 120. The molecule has 10 heterocycles. The molecule has 0 atom stereocenters. The molecule has 5 aromatic heterocycles. The number of carbonyl (C=O) groups is 3. The predicted octanol–water partition coefficient (Wildman–Crippen LogP) is 23.4. The van der Waals surface area contributed by atoms with Crippen LogP contribution in [0.3, 0.4) is 0 Å². The van der Waals surface area contributed by atoms with Gasteiger partial charge in [0.1, 0.15) is 46.0 Å². The topological polar surface area (TPSA) is 255 Å². The van der Waals surface area contributed by atoms with E-state index in [1.165, 1.54) is 221 Å². The minimum Gasteiger partial charge on any atom is -0.398 e. The highest BCUT2D eigenvalue weighted by molar-refractivity contribution is 7.98. The van der Waals surface area contributed by atoms with Crippen molar-refractivity contribution in [3.8, 4) is 0 Å². The lowest BCUT2D eigenvalue weighted by Crippen LogP contribution is -2.40. The number of aromatic nitrogens is 5. The zero-order chi connectivity index (χ0) is 100. The number of nitrogens with one attached hydrogen (secondary N) is 3. The van der Waals surface area contributed by atoms with Crippen LogP contribution in [0.25, 0.3) is 43.6 Å². The van der Waals surface area contributed by atoms with Gasteiger partial charge in [0, 0.05) is 128 Å². The van der Waals surface area contributed by atoms with Gasteiger partial charge in [-0.3, -0.25) is 19.4 Å². The summed E-state index contributed by atoms with van der Waals surface area (Å²) in [4.78, 5) is 49.2. The van der Waals surface area contributed by atoms with Crippen LogP contribution >= 0.6 is 0 Å². The lowest BCUT2D eigenvalue weighted by molar-refractivity contribution is -0.120. The molecule has 5 aliphatic heterocycles. The SMILES string of the molecule is CCCCCCCCC(=O)NS(=O)(=O)c1ccc(CN(C)C)cc1.CCCCCCCCC(=O)NS(=O)(=O)c1ccc(N2CCCC2)cc1.Cc1cc(C(C)C)c(N)c(C(C)C)c1.Cn1cc([S+]2CCCC2)c2ccccc21.Cn1cc([S+]2CCCC2)c2ccccc21.Cn1cc([S+]2CCCC2)c2ccccc21.Cn1cc([S+]2CCCC2)c2ccccc21.O=C(NS(=O)(=O)C(F)(F)F)c1cccnc1. The van der Waals surface area contributed by atoms with E-state index in [-0.39, 0.29) is 28.2 Å². The van der Waals surface area contributed by atoms with Crippen LogP contribution in [0.4, 0.5) is 24.5 Å². The summed E-state index contributed by atoms with van der Waals surface area (Å²) in [6.07, 6.45) is 38.6. The van der Waals surface area contributed by atoms with Gasteiger partial charge < -0.3 is 33.8 Å². The summed E-state index contributed by atoms with van der Waals surface area (Å²) in [6, 6.07) is 55.4. The summed E-state index contributed by atoms with van der Waals surface area (Å²) in [5.41, 5.74) is 12.8. The number of hydrogen-bond acceptors (Lipinski definition) is 13. The second kappa shape index (κ2) is 54.9. The molecule has 0 aliphatic carbocycles. The third-order valence-corrected chi connectivity index (χ3v) is 39.1. The Morgan fingerprint density at radius 1 is 0.439 bits per heavy atom. The fourth-order valence-electron chi connectivity index (χ4n) is 17.8. The molecule has 5 aliphatic rings. The van der Waals surface area contributed by atoms with Crippen LogP contribution in [-0.2, 0) is 118 Å². The number of para-hydroxylation sites is 4. The van der Waals surface area contributed by atoms with Crippen LogP contribution in [-0.4, -0.2) is 150 Å². The molecule has 30 heteroatoms. The summed E-state index contributed by atoms with van der Waals surface area (Å²) >= 11 is 0. The molecule has 20 nitrogen and oxygen atoms in total. The Morgan fingerprint density at radius 2 is 0.763 bits per heavy atom. The number of sulfonamides is 3. The number of carbonyl (C=O) groups excluding carboxylic acids is 3. The van der Waals surface area contributed by atoms with Crippen LogP contribution in [0, 0.1) is 6.92 Å². The molecule has 0 radical (unpaired) electrons. The summed E-state index contributed by atoms with van der Waals surface area (Å²) in [6.45, 7) is 18.0. The molecule has 12 aromatic rings. The molecule has 0 unspecified atom stereocenters. The first-order chi connectivity index (χ1) is 66.5. The number of halogens is 3. The largest absolute Gasteiger partial charge is 0.516 e. The van der Waals surface area contributed by atoms with Gasteiger partial charge in [0.15, 0.2) is 19.6 Å². The number of anilines is 2. The van der Waals surface area contributed by atoms with Crippen LogP contribution in [0.2, 0.25) is 0 Å². The average Bonchev–Trinajstić information content (AvgIpc) is 1.66. The first-order valence-electron chi connectivity index (χ1n) is 49.5. The van der Waals surface area contributed by atoms with Crippen molar-refractivity contribution in [2.45, 2.75) is 256 Å². The number of rotatable bonds is 29. The third-order valence-electron chi connectivity index (χ3n) is 25.3. The standard InChI is InChI=1S/C19H30N2O3S.C18H30N2O3S.4C13H16NS.C13H21N.C7H5F3N2O3S/c1-2-3-4-5-6-7-10-19(22)20-25(23,24)18-13-11-17(12-14-18)21-15-8-9-16-21;1-4-5-6-7-8-9-10-18(21)19-24(22,23)17-13-11-16(12-14-17)15-20(2)3;4*1-14-10-13(15-8-4-5-9-15)11-6-2-3-7-12(11)14;1-8(2)11-6-10(5)7-12(9(3)4)13(11)14;8-7(9,10)16(14,15)12-6(13)5-2-1-3-11-4-5/h11-14H,2-10,15-16H2,1H3,(H,20,22);11-14H,4-10,15H2,1-3H3,(H,19,21);4*2-3,6-7,10H,4-5,8-9H2,1H3;6-9H,14H2,1-5H3;1-4H,(H,12,13)/q;;4*+1;;. The number of alkyl halides is 3. The Labute approximate surface area is 837 Å². The van der Waals surface area contributed by atoms with E-state index in [0.29, 0.717) is 55.4 Å². The number of nitrogen functional groups attached to an aromatic ring is 1. The second-order valence-electron chi connectivity index (χ2n) is 37.4. The number of amides is 3. The van der Waals surface area contributed by atoms with Crippen LogP contribution in [0.1, 0.15) is 240 Å². The number of benzene rings is 7. The maximum Gasteiger partial charge on any atom is 0.516 e. The number of aryl methyl sites for hydroxylation is 5. The molecule has 754 valence electrons. The van der Waals surface area contributed by atoms with Gasteiger partial charge in [0.2, 0.25) is 11.8 Å². The van der Waals surface area contributed by atoms with Crippen molar-refractivity contribution in [1.29, 1.82) is 0 Å². The van der Waals surface area contributed by atoms with Gasteiger partial charge >= 0.3 is 15.5 Å². The lowest BCUT2D eigenvalue weighted by Gasteiger charge is -2.17. The average molecular weight is 2040 g/mol. The fourth-order valence-corrected chi connectivity index (χ4v) is 30.4. The first kappa shape index (κ1) is 112. The van der Waals surface area contributed by atoms with E-state index in [1.54, 1.807) is 56.0 Å². The van der Waals surface area contributed by atoms with Gasteiger partial charge in [-0.2, -0.15) is 21.6 Å². The Balaban J connectivity index is 0.000000165. The Kier molecular flexibility index (Phi) is 44.2. The second-order valence-corrected chi connectivity index (χ2v) is 51.4. The van der Waals surface area contributed by atoms with E-state index >= 15 is 0 Å². The zero-order valence-electron chi connectivity index (χ0n) is 83.9. The summed E-state index contributed by atoms with van der Waals surface area (Å²) in [5.74, 6) is 10.1. The summed E-state index contributed by atoms with van der Waals surface area (Å²) in [7, 11) is 1.46. The molecule has 7 aromatic carbocycles. The monoisotopic (exact) mass is 2040 g/mol.